The van der Waals surface area contributed by atoms with Crippen molar-refractivity contribution in [2.75, 3.05) is 19.5 Å². The molecule has 0 aliphatic rings. The Labute approximate surface area is 199 Å². The molecule has 0 atom stereocenters. The second kappa shape index (κ2) is 8.64. The lowest BCUT2D eigenvalue weighted by Gasteiger charge is -2.08. The third-order valence-corrected chi connectivity index (χ3v) is 6.15. The molecule has 1 amide bonds. The molecular weight excluding hydrogens is 454 g/mol. The number of methoxy groups -OCH3 is 2. The summed E-state index contributed by atoms with van der Waals surface area (Å²) in [5, 5.41) is 10.4. The standard InChI is InChI=1S/C24H21N5O4S/c1-13-21-15(11-16(18-6-5-9-33-18)25-22(21)29(2)28-13)23(30)27-24-26-17(12-34-24)14-7-8-19(31-3)20(10-14)32-4/h5-12H,1-4H3,(H,26,27,30). The van der Waals surface area contributed by atoms with Crippen LogP contribution in [0.15, 0.2) is 52.5 Å². The van der Waals surface area contributed by atoms with E-state index in [2.05, 4.69) is 20.4 Å². The predicted octanol–water partition coefficient (Wildman–Crippen LogP) is 4.93. The summed E-state index contributed by atoms with van der Waals surface area (Å²) in [6.07, 6.45) is 1.57. The first-order valence-corrected chi connectivity index (χ1v) is 11.2. The lowest BCUT2D eigenvalue weighted by molar-refractivity contribution is 0.102. The number of benzene rings is 1. The van der Waals surface area contributed by atoms with Crippen LogP contribution in [-0.4, -0.2) is 39.9 Å². The van der Waals surface area contributed by atoms with E-state index in [4.69, 9.17) is 13.9 Å². The largest absolute Gasteiger partial charge is 0.493 e. The molecule has 10 heteroatoms. The third kappa shape index (κ3) is 3.77. The van der Waals surface area contributed by atoms with Gasteiger partial charge in [0.15, 0.2) is 28.0 Å². The van der Waals surface area contributed by atoms with Gasteiger partial charge in [-0.3, -0.25) is 14.8 Å². The van der Waals surface area contributed by atoms with E-state index in [9.17, 15) is 4.79 Å². The number of carbonyl (C=O) groups excluding carboxylic acids is 1. The predicted molar refractivity (Wildman–Crippen MR) is 130 cm³/mol. The van der Waals surface area contributed by atoms with E-state index in [1.54, 1.807) is 50.4 Å². The minimum atomic E-state index is -0.301. The molecule has 4 aromatic heterocycles. The van der Waals surface area contributed by atoms with Crippen LogP contribution in [-0.2, 0) is 7.05 Å². The zero-order valence-electron chi connectivity index (χ0n) is 18.9. The molecule has 5 aromatic rings. The lowest BCUT2D eigenvalue weighted by Crippen LogP contribution is -2.13. The van der Waals surface area contributed by atoms with Crippen LogP contribution >= 0.6 is 11.3 Å². The number of hydrogen-bond donors (Lipinski definition) is 1. The highest BCUT2D eigenvalue weighted by Crippen LogP contribution is 2.34. The summed E-state index contributed by atoms with van der Waals surface area (Å²) in [4.78, 5) is 22.6. The van der Waals surface area contributed by atoms with Crippen molar-refractivity contribution in [1.29, 1.82) is 0 Å². The van der Waals surface area contributed by atoms with Gasteiger partial charge in [-0.05, 0) is 43.3 Å². The summed E-state index contributed by atoms with van der Waals surface area (Å²) in [6.45, 7) is 1.85. The van der Waals surface area contributed by atoms with E-state index in [0.717, 1.165) is 11.3 Å². The number of aromatic nitrogens is 4. The Morgan fingerprint density at radius 3 is 2.65 bits per heavy atom. The maximum atomic E-state index is 13.4. The fourth-order valence-electron chi connectivity index (χ4n) is 3.80. The average Bonchev–Trinajstić information content (AvgIpc) is 3.60. The van der Waals surface area contributed by atoms with Crippen LogP contribution < -0.4 is 14.8 Å². The average molecular weight is 476 g/mol. The van der Waals surface area contributed by atoms with Gasteiger partial charge in [0.05, 0.1) is 42.8 Å². The van der Waals surface area contributed by atoms with Gasteiger partial charge in [0, 0.05) is 18.0 Å². The molecule has 4 heterocycles. The first-order valence-electron chi connectivity index (χ1n) is 10.4. The van der Waals surface area contributed by atoms with E-state index in [-0.39, 0.29) is 5.91 Å². The van der Waals surface area contributed by atoms with Crippen LogP contribution in [0.3, 0.4) is 0 Å². The van der Waals surface area contributed by atoms with E-state index in [1.807, 2.05) is 30.5 Å². The molecule has 0 bridgehead atoms. The van der Waals surface area contributed by atoms with Crippen LogP contribution in [0.25, 0.3) is 33.7 Å². The second-order valence-corrected chi connectivity index (χ2v) is 8.36. The molecule has 0 fully saturated rings. The fraction of sp³-hybridized carbons (Fsp3) is 0.167. The molecule has 0 radical (unpaired) electrons. The Bertz CT molecular complexity index is 1500. The number of hydrogen-bond acceptors (Lipinski definition) is 8. The van der Waals surface area contributed by atoms with Crippen molar-refractivity contribution in [1.82, 2.24) is 19.7 Å². The van der Waals surface area contributed by atoms with Crippen LogP contribution in [0.1, 0.15) is 16.1 Å². The van der Waals surface area contributed by atoms with Gasteiger partial charge in [-0.1, -0.05) is 0 Å². The van der Waals surface area contributed by atoms with Crippen molar-refractivity contribution in [3.05, 3.63) is 59.3 Å². The third-order valence-electron chi connectivity index (χ3n) is 5.39. The molecule has 34 heavy (non-hydrogen) atoms. The Balaban J connectivity index is 1.49. The van der Waals surface area contributed by atoms with Crippen molar-refractivity contribution in [3.63, 3.8) is 0 Å². The van der Waals surface area contributed by atoms with Gasteiger partial charge in [0.1, 0.15) is 5.69 Å². The number of nitrogens with zero attached hydrogens (tertiary/aromatic N) is 4. The molecule has 5 rings (SSSR count). The van der Waals surface area contributed by atoms with Crippen LogP contribution in [0, 0.1) is 6.92 Å². The number of rotatable bonds is 6. The van der Waals surface area contributed by atoms with Crippen molar-refractivity contribution < 1.29 is 18.7 Å². The zero-order chi connectivity index (χ0) is 23.8. The Morgan fingerprint density at radius 2 is 1.91 bits per heavy atom. The minimum absolute atomic E-state index is 0.301. The molecule has 1 N–H and O–H groups in total. The van der Waals surface area contributed by atoms with Crippen molar-refractivity contribution in [2.24, 2.45) is 7.05 Å². The van der Waals surface area contributed by atoms with Crippen molar-refractivity contribution in [3.8, 4) is 34.2 Å². The molecule has 0 unspecified atom stereocenters. The number of pyridine rings is 1. The van der Waals surface area contributed by atoms with Crippen LogP contribution in [0.4, 0.5) is 5.13 Å². The number of amides is 1. The van der Waals surface area contributed by atoms with E-state index in [1.165, 1.54) is 11.3 Å². The molecule has 172 valence electrons. The summed E-state index contributed by atoms with van der Waals surface area (Å²) in [5.74, 6) is 1.51. The summed E-state index contributed by atoms with van der Waals surface area (Å²) in [7, 11) is 4.97. The Morgan fingerprint density at radius 1 is 1.09 bits per heavy atom. The normalized spacial score (nSPS) is 11.1. The van der Waals surface area contributed by atoms with E-state index < -0.39 is 0 Å². The molecule has 0 spiro atoms. The number of anilines is 1. The first-order chi connectivity index (χ1) is 16.5. The number of carbonyl (C=O) groups is 1. The minimum Gasteiger partial charge on any atom is -0.493 e. The summed E-state index contributed by atoms with van der Waals surface area (Å²) >= 11 is 1.34. The zero-order valence-corrected chi connectivity index (χ0v) is 19.8. The van der Waals surface area contributed by atoms with Crippen LogP contribution in [0.5, 0.6) is 11.5 Å². The topological polar surface area (TPSA) is 104 Å². The van der Waals surface area contributed by atoms with Gasteiger partial charge in [-0.2, -0.15) is 5.10 Å². The summed E-state index contributed by atoms with van der Waals surface area (Å²) < 4.78 is 17.8. The summed E-state index contributed by atoms with van der Waals surface area (Å²) in [6, 6.07) is 10.9. The van der Waals surface area contributed by atoms with Crippen molar-refractivity contribution in [2.45, 2.75) is 6.92 Å². The van der Waals surface area contributed by atoms with E-state index >= 15 is 0 Å². The molecular formula is C24H21N5O4S. The maximum absolute atomic E-state index is 13.4. The number of aryl methyl sites for hydroxylation is 2. The molecule has 9 nitrogen and oxygen atoms in total. The van der Waals surface area contributed by atoms with Crippen molar-refractivity contribution >= 4 is 33.4 Å². The highest BCUT2D eigenvalue weighted by molar-refractivity contribution is 7.14. The molecule has 0 aliphatic heterocycles. The summed E-state index contributed by atoms with van der Waals surface area (Å²) in [5.41, 5.74) is 3.88. The Kier molecular flexibility index (Phi) is 5.50. The number of furan rings is 1. The van der Waals surface area contributed by atoms with Crippen LogP contribution in [0.2, 0.25) is 0 Å². The van der Waals surface area contributed by atoms with Gasteiger partial charge in [0.2, 0.25) is 0 Å². The van der Waals surface area contributed by atoms with Gasteiger partial charge in [-0.25, -0.2) is 9.97 Å². The number of ether oxygens (including phenoxy) is 2. The molecule has 0 saturated carbocycles. The quantitative estimate of drug-likeness (QED) is 0.371. The first kappa shape index (κ1) is 21.7. The number of thiazole rings is 1. The van der Waals surface area contributed by atoms with Gasteiger partial charge in [-0.15, -0.1) is 11.3 Å². The fourth-order valence-corrected chi connectivity index (χ4v) is 4.51. The smallest absolute Gasteiger partial charge is 0.258 e. The van der Waals surface area contributed by atoms with Gasteiger partial charge in [0.25, 0.3) is 5.91 Å². The van der Waals surface area contributed by atoms with Gasteiger partial charge >= 0.3 is 0 Å². The second-order valence-electron chi connectivity index (χ2n) is 7.50. The highest BCUT2D eigenvalue weighted by Gasteiger charge is 2.21. The lowest BCUT2D eigenvalue weighted by atomic mass is 10.1. The molecule has 0 saturated heterocycles. The maximum Gasteiger partial charge on any atom is 0.258 e. The number of nitrogens with one attached hydrogen (secondary N) is 1. The number of fused-ring (bicyclic) bond motifs is 1. The SMILES string of the molecule is COc1ccc(-c2csc(NC(=O)c3cc(-c4ccco4)nc4c3c(C)nn4C)n2)cc1OC. The van der Waals surface area contributed by atoms with Gasteiger partial charge < -0.3 is 13.9 Å². The highest BCUT2D eigenvalue weighted by atomic mass is 32.1. The monoisotopic (exact) mass is 475 g/mol. The molecule has 1 aromatic carbocycles. The molecule has 0 aliphatic carbocycles. The van der Waals surface area contributed by atoms with E-state index in [0.29, 0.717) is 50.4 Å². The Hall–Kier alpha value is -4.18.